The quantitative estimate of drug-likeness (QED) is 0.816. The number of benzene rings is 1. The van der Waals surface area contributed by atoms with Crippen molar-refractivity contribution in [3.05, 3.63) is 24.0 Å². The van der Waals surface area contributed by atoms with Crippen LogP contribution in [0.3, 0.4) is 0 Å². The Morgan fingerprint density at radius 3 is 2.64 bits per heavy atom. The summed E-state index contributed by atoms with van der Waals surface area (Å²) >= 11 is 0. The van der Waals surface area contributed by atoms with Crippen molar-refractivity contribution in [1.29, 1.82) is 0 Å². The molecule has 0 bridgehead atoms. The van der Waals surface area contributed by atoms with Gasteiger partial charge in [-0.1, -0.05) is 20.8 Å². The second-order valence-corrected chi connectivity index (χ2v) is 8.44. The topological polar surface area (TPSA) is 74.3 Å². The molecule has 0 saturated carbocycles. The van der Waals surface area contributed by atoms with Gasteiger partial charge in [0.15, 0.2) is 0 Å². The molecule has 2 aliphatic rings. The van der Waals surface area contributed by atoms with E-state index < -0.39 is 11.7 Å². The van der Waals surface area contributed by atoms with Crippen molar-refractivity contribution in [3.8, 4) is 5.75 Å². The van der Waals surface area contributed by atoms with Crippen molar-refractivity contribution in [3.63, 3.8) is 0 Å². The number of rotatable bonds is 4. The normalized spacial score (nSPS) is 23.6. The minimum atomic E-state index is -0.969. The maximum atomic E-state index is 14.6. The van der Waals surface area contributed by atoms with Gasteiger partial charge in [0, 0.05) is 38.8 Å². The van der Waals surface area contributed by atoms with E-state index in [1.54, 1.807) is 12.1 Å². The Morgan fingerprint density at radius 2 is 2.04 bits per heavy atom. The number of nitrogens with one attached hydrogen (secondary N) is 1. The molecule has 2 aliphatic heterocycles. The first kappa shape index (κ1) is 20.7. The molecule has 0 radical (unpaired) electrons. The van der Waals surface area contributed by atoms with Crippen molar-refractivity contribution in [2.24, 2.45) is 5.41 Å². The van der Waals surface area contributed by atoms with Crippen LogP contribution in [0.15, 0.2) is 18.2 Å². The molecule has 1 aromatic carbocycles. The molecule has 0 aromatic heterocycles. The van der Waals surface area contributed by atoms with Crippen LogP contribution in [0.2, 0.25) is 0 Å². The van der Waals surface area contributed by atoms with Crippen LogP contribution in [0.4, 0.5) is 14.9 Å². The highest BCUT2D eigenvalue weighted by Gasteiger charge is 2.48. The molecule has 0 aliphatic carbocycles. The highest BCUT2D eigenvalue weighted by Crippen LogP contribution is 2.37. The number of carboxylic acid groups (broad SMARTS) is 1. The van der Waals surface area contributed by atoms with Crippen LogP contribution in [0, 0.1) is 11.2 Å². The number of piperazine rings is 1. The fourth-order valence-corrected chi connectivity index (χ4v) is 3.64. The predicted molar refractivity (Wildman–Crippen MR) is 105 cm³/mol. The summed E-state index contributed by atoms with van der Waals surface area (Å²) in [6.07, 6.45) is -0.969. The van der Waals surface area contributed by atoms with Gasteiger partial charge in [0.2, 0.25) is 0 Å². The SMILES string of the molecule is CC(C)(C)C1(COc2ccc(N3CCNCC3)c(F)c2)CN(C(=O)O)CCO1. The lowest BCUT2D eigenvalue weighted by Crippen LogP contribution is -2.62. The van der Waals surface area contributed by atoms with Crippen molar-refractivity contribution in [1.82, 2.24) is 10.2 Å². The highest BCUT2D eigenvalue weighted by molar-refractivity contribution is 5.65. The molecule has 1 aromatic rings. The van der Waals surface area contributed by atoms with E-state index in [1.165, 1.54) is 11.0 Å². The summed E-state index contributed by atoms with van der Waals surface area (Å²) in [6, 6.07) is 4.89. The molecule has 1 unspecified atom stereocenters. The van der Waals surface area contributed by atoms with Crippen LogP contribution in [-0.4, -0.2) is 74.2 Å². The number of hydrogen-bond acceptors (Lipinski definition) is 5. The van der Waals surface area contributed by atoms with Crippen molar-refractivity contribution in [2.75, 3.05) is 57.4 Å². The lowest BCUT2D eigenvalue weighted by Gasteiger charge is -2.49. The Balaban J connectivity index is 1.73. The molecular formula is C20H30FN3O4. The largest absolute Gasteiger partial charge is 0.490 e. The third kappa shape index (κ3) is 4.33. The van der Waals surface area contributed by atoms with Crippen molar-refractivity contribution < 1.29 is 23.8 Å². The summed E-state index contributed by atoms with van der Waals surface area (Å²) in [6.45, 7) is 10.2. The summed E-state index contributed by atoms with van der Waals surface area (Å²) in [5, 5.41) is 12.6. The third-order valence-electron chi connectivity index (χ3n) is 5.67. The van der Waals surface area contributed by atoms with E-state index >= 15 is 0 Å². The van der Waals surface area contributed by atoms with Gasteiger partial charge in [0.1, 0.15) is 23.8 Å². The molecule has 3 rings (SSSR count). The maximum absolute atomic E-state index is 14.6. The average molecular weight is 395 g/mol. The molecule has 2 fully saturated rings. The van der Waals surface area contributed by atoms with Crippen LogP contribution in [-0.2, 0) is 4.74 Å². The zero-order valence-electron chi connectivity index (χ0n) is 16.8. The minimum absolute atomic E-state index is 0.146. The zero-order valence-corrected chi connectivity index (χ0v) is 16.8. The second-order valence-electron chi connectivity index (χ2n) is 8.44. The summed E-state index contributed by atoms with van der Waals surface area (Å²) in [7, 11) is 0. The Morgan fingerprint density at radius 1 is 1.32 bits per heavy atom. The smallest absolute Gasteiger partial charge is 0.407 e. The number of anilines is 1. The molecule has 1 amide bonds. The zero-order chi connectivity index (χ0) is 20.4. The van der Waals surface area contributed by atoms with Gasteiger partial charge in [-0.2, -0.15) is 0 Å². The van der Waals surface area contributed by atoms with Crippen LogP contribution in [0.5, 0.6) is 5.75 Å². The van der Waals surface area contributed by atoms with Gasteiger partial charge in [-0.25, -0.2) is 9.18 Å². The number of morpholine rings is 1. The number of hydrogen-bond donors (Lipinski definition) is 2. The Bertz CT molecular complexity index is 703. The molecule has 156 valence electrons. The molecule has 1 atom stereocenters. The maximum Gasteiger partial charge on any atom is 0.407 e. The fraction of sp³-hybridized carbons (Fsp3) is 0.650. The minimum Gasteiger partial charge on any atom is -0.490 e. The van der Waals surface area contributed by atoms with Gasteiger partial charge in [-0.15, -0.1) is 0 Å². The molecule has 0 spiro atoms. The first-order valence-electron chi connectivity index (χ1n) is 9.72. The van der Waals surface area contributed by atoms with Gasteiger partial charge >= 0.3 is 6.09 Å². The van der Waals surface area contributed by atoms with Crippen LogP contribution < -0.4 is 15.0 Å². The second kappa shape index (κ2) is 8.13. The predicted octanol–water partition coefficient (Wildman–Crippen LogP) is 2.41. The van der Waals surface area contributed by atoms with E-state index in [-0.39, 0.29) is 24.4 Å². The van der Waals surface area contributed by atoms with Gasteiger partial charge in [0.05, 0.1) is 18.8 Å². The molecule has 2 saturated heterocycles. The van der Waals surface area contributed by atoms with E-state index in [0.717, 1.165) is 26.2 Å². The Labute approximate surface area is 165 Å². The lowest BCUT2D eigenvalue weighted by atomic mass is 9.75. The van der Waals surface area contributed by atoms with Gasteiger partial charge < -0.3 is 29.7 Å². The number of ether oxygens (including phenoxy) is 2. The van der Waals surface area contributed by atoms with E-state index in [0.29, 0.717) is 24.6 Å². The molecule has 8 heteroatoms. The van der Waals surface area contributed by atoms with E-state index in [2.05, 4.69) is 5.32 Å². The lowest BCUT2D eigenvalue weighted by molar-refractivity contribution is -0.175. The van der Waals surface area contributed by atoms with Gasteiger partial charge in [-0.3, -0.25) is 0 Å². The monoisotopic (exact) mass is 395 g/mol. The Hall–Kier alpha value is -2.06. The first-order chi connectivity index (χ1) is 13.2. The average Bonchev–Trinajstić information content (AvgIpc) is 2.66. The van der Waals surface area contributed by atoms with E-state index in [4.69, 9.17) is 9.47 Å². The number of amides is 1. The van der Waals surface area contributed by atoms with Crippen LogP contribution in [0.25, 0.3) is 0 Å². The Kier molecular flexibility index (Phi) is 6.00. The van der Waals surface area contributed by atoms with Crippen LogP contribution in [0.1, 0.15) is 20.8 Å². The first-order valence-corrected chi connectivity index (χ1v) is 9.72. The molecule has 2 N–H and O–H groups in total. The van der Waals surface area contributed by atoms with Crippen LogP contribution >= 0.6 is 0 Å². The summed E-state index contributed by atoms with van der Waals surface area (Å²) < 4.78 is 26.6. The molecule has 7 nitrogen and oxygen atoms in total. The van der Waals surface area contributed by atoms with E-state index in [1.807, 2.05) is 25.7 Å². The van der Waals surface area contributed by atoms with Crippen molar-refractivity contribution >= 4 is 11.8 Å². The fourth-order valence-electron chi connectivity index (χ4n) is 3.64. The summed E-state index contributed by atoms with van der Waals surface area (Å²) in [4.78, 5) is 14.8. The van der Waals surface area contributed by atoms with Crippen molar-refractivity contribution in [2.45, 2.75) is 26.4 Å². The number of halogens is 1. The van der Waals surface area contributed by atoms with Gasteiger partial charge in [-0.05, 0) is 17.5 Å². The molecule has 2 heterocycles. The number of nitrogens with zero attached hydrogens (tertiary/aromatic N) is 2. The molecular weight excluding hydrogens is 365 g/mol. The summed E-state index contributed by atoms with van der Waals surface area (Å²) in [5.41, 5.74) is -0.595. The molecule has 28 heavy (non-hydrogen) atoms. The number of carbonyl (C=O) groups is 1. The highest BCUT2D eigenvalue weighted by atomic mass is 19.1. The standard InChI is InChI=1S/C20H30FN3O4/c1-19(2,3)20(13-24(18(25)26)10-11-28-20)14-27-15-4-5-17(16(21)12-15)23-8-6-22-7-9-23/h4-5,12,22H,6-11,13-14H2,1-3H3,(H,25,26). The van der Waals surface area contributed by atoms with E-state index in [9.17, 15) is 14.3 Å². The summed E-state index contributed by atoms with van der Waals surface area (Å²) in [5.74, 6) is 0.0944. The third-order valence-corrected chi connectivity index (χ3v) is 5.67. The van der Waals surface area contributed by atoms with Gasteiger partial charge in [0.25, 0.3) is 0 Å².